The molecule has 2 aromatic heterocycles. The third-order valence-electron chi connectivity index (χ3n) is 6.08. The van der Waals surface area contributed by atoms with E-state index in [1.54, 1.807) is 13.3 Å². The number of nitrogens with zero attached hydrogens (tertiary/aromatic N) is 2. The molecule has 1 aliphatic carbocycles. The standard InChI is InChI=1S/C28H24N2O4/c1-30(20-10-3-2-4-11-20)25(31)18-34-28(32)26-22-13-5-6-15-24(22)29-27-19(9-7-14-23(26)27)17-21-12-8-16-33-21/h2-6,8,10-13,15-17H,7,9,14,18H2,1H3/b19-17-. The summed E-state index contributed by atoms with van der Waals surface area (Å²) in [6.45, 7) is -0.343. The molecule has 0 N–H and O–H groups in total. The number of likely N-dealkylation sites (N-methyl/N-ethyl adjacent to an activating group) is 1. The average Bonchev–Trinajstić information content (AvgIpc) is 3.39. The lowest BCUT2D eigenvalue weighted by Gasteiger charge is -2.22. The number of fused-ring (bicyclic) bond motifs is 2. The fraction of sp³-hybridized carbons (Fsp3) is 0.179. The summed E-state index contributed by atoms with van der Waals surface area (Å²) in [7, 11) is 1.67. The molecule has 0 saturated heterocycles. The molecule has 2 heterocycles. The number of allylic oxidation sites excluding steroid dienone is 1. The molecule has 6 heteroatoms. The van der Waals surface area contributed by atoms with Crippen LogP contribution < -0.4 is 4.90 Å². The third kappa shape index (κ3) is 4.22. The Morgan fingerprint density at radius 2 is 1.82 bits per heavy atom. The fourth-order valence-electron chi connectivity index (χ4n) is 4.35. The van der Waals surface area contributed by atoms with Crippen LogP contribution in [0, 0.1) is 0 Å². The summed E-state index contributed by atoms with van der Waals surface area (Å²) in [5, 5.41) is 0.731. The fourth-order valence-corrected chi connectivity index (χ4v) is 4.35. The first-order valence-corrected chi connectivity index (χ1v) is 11.3. The second-order valence-corrected chi connectivity index (χ2v) is 8.23. The Kier molecular flexibility index (Phi) is 5.95. The van der Waals surface area contributed by atoms with Crippen LogP contribution in [-0.2, 0) is 16.0 Å². The number of hydrogen-bond donors (Lipinski definition) is 0. The smallest absolute Gasteiger partial charge is 0.339 e. The summed E-state index contributed by atoms with van der Waals surface area (Å²) in [5.74, 6) is -0.0643. The SMILES string of the molecule is CN(C(=O)COC(=O)c1c2c(nc3ccccc13)/C(=C\c1ccco1)CCC2)c1ccccc1. The predicted molar refractivity (Wildman–Crippen MR) is 131 cm³/mol. The van der Waals surface area contributed by atoms with E-state index >= 15 is 0 Å². The van der Waals surface area contributed by atoms with E-state index in [-0.39, 0.29) is 12.5 Å². The lowest BCUT2D eigenvalue weighted by molar-refractivity contribution is -0.121. The van der Waals surface area contributed by atoms with Crippen molar-refractivity contribution in [2.24, 2.45) is 0 Å². The first-order chi connectivity index (χ1) is 16.6. The van der Waals surface area contributed by atoms with Crippen molar-refractivity contribution in [2.45, 2.75) is 19.3 Å². The minimum absolute atomic E-state index is 0.301. The van der Waals surface area contributed by atoms with Gasteiger partial charge in [-0.05, 0) is 66.8 Å². The van der Waals surface area contributed by atoms with Crippen molar-refractivity contribution in [3.8, 4) is 0 Å². The maximum Gasteiger partial charge on any atom is 0.339 e. The van der Waals surface area contributed by atoms with Crippen molar-refractivity contribution in [2.75, 3.05) is 18.6 Å². The van der Waals surface area contributed by atoms with Crippen molar-refractivity contribution in [3.63, 3.8) is 0 Å². The topological polar surface area (TPSA) is 72.6 Å². The van der Waals surface area contributed by atoms with Crippen molar-refractivity contribution in [1.29, 1.82) is 0 Å². The van der Waals surface area contributed by atoms with Gasteiger partial charge in [0.2, 0.25) is 0 Å². The van der Waals surface area contributed by atoms with Gasteiger partial charge >= 0.3 is 5.97 Å². The number of carbonyl (C=O) groups excluding carboxylic acids is 2. The summed E-state index contributed by atoms with van der Waals surface area (Å²) in [5.41, 5.74) is 4.62. The van der Waals surface area contributed by atoms with Crippen molar-refractivity contribution in [3.05, 3.63) is 95.6 Å². The zero-order chi connectivity index (χ0) is 23.5. The monoisotopic (exact) mass is 452 g/mol. The van der Waals surface area contributed by atoms with Crippen molar-refractivity contribution >= 4 is 40.1 Å². The number of carbonyl (C=O) groups is 2. The number of pyridine rings is 1. The van der Waals surface area contributed by atoms with Crippen LogP contribution in [0.1, 0.15) is 40.2 Å². The van der Waals surface area contributed by atoms with E-state index in [1.165, 1.54) is 4.90 Å². The van der Waals surface area contributed by atoms with Crippen LogP contribution in [0.4, 0.5) is 5.69 Å². The first-order valence-electron chi connectivity index (χ1n) is 11.3. The first kappa shape index (κ1) is 21.6. The lowest BCUT2D eigenvalue weighted by atomic mass is 9.86. The van der Waals surface area contributed by atoms with E-state index < -0.39 is 5.97 Å². The number of rotatable bonds is 5. The van der Waals surface area contributed by atoms with Gasteiger partial charge in [0.1, 0.15) is 5.76 Å². The highest BCUT2D eigenvalue weighted by atomic mass is 16.5. The maximum absolute atomic E-state index is 13.4. The highest BCUT2D eigenvalue weighted by molar-refractivity contribution is 6.07. The molecule has 2 aromatic carbocycles. The van der Waals surface area contributed by atoms with Crippen LogP contribution >= 0.6 is 0 Å². The molecule has 0 saturated carbocycles. The quantitative estimate of drug-likeness (QED) is 0.373. The number of aromatic nitrogens is 1. The Morgan fingerprint density at radius 1 is 1.03 bits per heavy atom. The van der Waals surface area contributed by atoms with Crippen LogP contribution in [0.2, 0.25) is 0 Å². The number of anilines is 1. The van der Waals surface area contributed by atoms with Crippen LogP contribution in [-0.4, -0.2) is 30.5 Å². The number of amides is 1. The van der Waals surface area contributed by atoms with Gasteiger partial charge < -0.3 is 14.1 Å². The zero-order valence-electron chi connectivity index (χ0n) is 18.9. The number of para-hydroxylation sites is 2. The van der Waals surface area contributed by atoms with Crippen LogP contribution in [0.15, 0.2) is 77.4 Å². The van der Waals surface area contributed by atoms with E-state index in [1.807, 2.05) is 72.8 Å². The van der Waals surface area contributed by atoms with Gasteiger partial charge in [-0.3, -0.25) is 4.79 Å². The number of hydrogen-bond acceptors (Lipinski definition) is 5. The minimum atomic E-state index is -0.510. The molecule has 5 rings (SSSR count). The molecule has 0 spiro atoms. The molecule has 0 bridgehead atoms. The molecule has 34 heavy (non-hydrogen) atoms. The summed E-state index contributed by atoms with van der Waals surface area (Å²) in [4.78, 5) is 32.4. The summed E-state index contributed by atoms with van der Waals surface area (Å²) < 4.78 is 11.1. The summed E-state index contributed by atoms with van der Waals surface area (Å²) in [6, 6.07) is 20.5. The zero-order valence-corrected chi connectivity index (χ0v) is 18.9. The van der Waals surface area contributed by atoms with Crippen molar-refractivity contribution in [1.82, 2.24) is 4.98 Å². The van der Waals surface area contributed by atoms with Gasteiger partial charge in [-0.2, -0.15) is 0 Å². The third-order valence-corrected chi connectivity index (χ3v) is 6.08. The Labute approximate surface area is 197 Å². The Hall–Kier alpha value is -4.19. The van der Waals surface area contributed by atoms with Crippen LogP contribution in [0.3, 0.4) is 0 Å². The van der Waals surface area contributed by atoms with Gasteiger partial charge in [-0.25, -0.2) is 9.78 Å². The summed E-state index contributed by atoms with van der Waals surface area (Å²) in [6.07, 6.45) is 6.05. The van der Waals surface area contributed by atoms with E-state index in [0.29, 0.717) is 17.5 Å². The minimum Gasteiger partial charge on any atom is -0.465 e. The molecule has 0 fully saturated rings. The number of benzene rings is 2. The molecular weight excluding hydrogens is 428 g/mol. The number of ether oxygens (including phenoxy) is 1. The molecule has 1 amide bonds. The molecule has 170 valence electrons. The van der Waals surface area contributed by atoms with Gasteiger partial charge in [0, 0.05) is 18.1 Å². The number of esters is 1. The highest BCUT2D eigenvalue weighted by Crippen LogP contribution is 2.36. The molecule has 6 nitrogen and oxygen atoms in total. The van der Waals surface area contributed by atoms with Gasteiger partial charge in [-0.15, -0.1) is 0 Å². The predicted octanol–water partition coefficient (Wildman–Crippen LogP) is 5.52. The summed E-state index contributed by atoms with van der Waals surface area (Å²) >= 11 is 0. The maximum atomic E-state index is 13.4. The average molecular weight is 453 g/mol. The molecule has 0 aliphatic heterocycles. The Morgan fingerprint density at radius 3 is 2.62 bits per heavy atom. The highest BCUT2D eigenvalue weighted by Gasteiger charge is 2.27. The Bertz CT molecular complexity index is 1370. The molecule has 0 unspecified atom stereocenters. The Balaban J connectivity index is 1.48. The van der Waals surface area contributed by atoms with Crippen molar-refractivity contribution < 1.29 is 18.7 Å². The molecule has 0 radical (unpaired) electrons. The molecule has 0 atom stereocenters. The molecule has 4 aromatic rings. The largest absolute Gasteiger partial charge is 0.465 e. The van der Waals surface area contributed by atoms with E-state index in [2.05, 4.69) is 0 Å². The lowest BCUT2D eigenvalue weighted by Crippen LogP contribution is -2.31. The van der Waals surface area contributed by atoms with E-state index in [9.17, 15) is 9.59 Å². The second kappa shape index (κ2) is 9.35. The molecular formula is C28H24N2O4. The van der Waals surface area contributed by atoms with Gasteiger partial charge in [0.05, 0.1) is 23.0 Å². The van der Waals surface area contributed by atoms with Crippen LogP contribution in [0.5, 0.6) is 0 Å². The molecule has 1 aliphatic rings. The van der Waals surface area contributed by atoms with E-state index in [0.717, 1.165) is 46.5 Å². The van der Waals surface area contributed by atoms with Gasteiger partial charge in [0.25, 0.3) is 5.91 Å². The van der Waals surface area contributed by atoms with Gasteiger partial charge in [0.15, 0.2) is 6.61 Å². The van der Waals surface area contributed by atoms with E-state index in [4.69, 9.17) is 14.1 Å². The second-order valence-electron chi connectivity index (χ2n) is 8.23. The van der Waals surface area contributed by atoms with Gasteiger partial charge in [-0.1, -0.05) is 36.4 Å². The normalized spacial score (nSPS) is 14.1. The number of furan rings is 1. The van der Waals surface area contributed by atoms with Crippen LogP contribution in [0.25, 0.3) is 22.6 Å².